The third kappa shape index (κ3) is 2.88. The number of piperidine rings is 1. The first-order chi connectivity index (χ1) is 12.5. The molecular weight excluding hydrogens is 338 g/mol. The molecule has 1 spiro atoms. The number of fused-ring (bicyclic) bond motifs is 1. The fraction of sp³-hybridized carbons (Fsp3) is 0.529. The summed E-state index contributed by atoms with van der Waals surface area (Å²) in [6.45, 7) is 1.17. The molecule has 1 aliphatic heterocycles. The van der Waals surface area contributed by atoms with Gasteiger partial charge in [-0.15, -0.1) is 0 Å². The molecular formula is C17H21N5O4. The number of H-pyrrole nitrogens is 1. The molecule has 138 valence electrons. The molecule has 0 aromatic carbocycles. The summed E-state index contributed by atoms with van der Waals surface area (Å²) < 4.78 is 0. The van der Waals surface area contributed by atoms with Gasteiger partial charge in [0.15, 0.2) is 6.10 Å². The zero-order valence-electron chi connectivity index (χ0n) is 14.2. The Kier molecular flexibility index (Phi) is 4.03. The van der Waals surface area contributed by atoms with E-state index in [4.69, 9.17) is 5.11 Å². The lowest BCUT2D eigenvalue weighted by atomic mass is 9.81. The van der Waals surface area contributed by atoms with Gasteiger partial charge < -0.3 is 25.4 Å². The number of amides is 1. The van der Waals surface area contributed by atoms with Crippen molar-refractivity contribution in [2.75, 3.05) is 24.5 Å². The highest BCUT2D eigenvalue weighted by atomic mass is 16.4. The van der Waals surface area contributed by atoms with E-state index in [0.29, 0.717) is 13.0 Å². The number of aliphatic hydroxyl groups excluding tert-OH is 1. The number of carbonyl (C=O) groups is 2. The average Bonchev–Trinajstić information content (AvgIpc) is 3.20. The zero-order valence-corrected chi connectivity index (χ0v) is 14.2. The lowest BCUT2D eigenvalue weighted by Crippen LogP contribution is -2.49. The van der Waals surface area contributed by atoms with Crippen LogP contribution in [0.25, 0.3) is 11.0 Å². The normalized spacial score (nSPS) is 22.3. The summed E-state index contributed by atoms with van der Waals surface area (Å²) in [5.41, 5.74) is 0.701. The molecule has 9 nitrogen and oxygen atoms in total. The van der Waals surface area contributed by atoms with E-state index in [0.717, 1.165) is 36.2 Å². The summed E-state index contributed by atoms with van der Waals surface area (Å²) in [6.07, 6.45) is 4.40. The first-order valence-electron chi connectivity index (χ1n) is 8.72. The van der Waals surface area contributed by atoms with Crippen molar-refractivity contribution in [1.29, 1.82) is 0 Å². The summed E-state index contributed by atoms with van der Waals surface area (Å²) in [5, 5.41) is 21.6. The molecule has 1 saturated heterocycles. The largest absolute Gasteiger partial charge is 0.479 e. The van der Waals surface area contributed by atoms with Crippen molar-refractivity contribution in [1.82, 2.24) is 20.3 Å². The van der Waals surface area contributed by atoms with Crippen molar-refractivity contribution in [2.45, 2.75) is 25.4 Å². The van der Waals surface area contributed by atoms with Gasteiger partial charge in [-0.2, -0.15) is 0 Å². The highest BCUT2D eigenvalue weighted by Gasteiger charge is 2.55. The van der Waals surface area contributed by atoms with Gasteiger partial charge in [0.05, 0.1) is 11.9 Å². The number of carboxylic acid groups (broad SMARTS) is 1. The molecule has 2 aromatic rings. The molecule has 0 radical (unpaired) electrons. The van der Waals surface area contributed by atoms with Crippen LogP contribution in [0.15, 0.2) is 18.6 Å². The second-order valence-corrected chi connectivity index (χ2v) is 7.16. The molecule has 0 bridgehead atoms. The van der Waals surface area contributed by atoms with Crippen LogP contribution in [-0.2, 0) is 9.59 Å². The van der Waals surface area contributed by atoms with E-state index < -0.39 is 12.1 Å². The Morgan fingerprint density at radius 2 is 2.23 bits per heavy atom. The maximum atomic E-state index is 12.5. The molecule has 1 amide bonds. The number of carboxylic acids is 1. The summed E-state index contributed by atoms with van der Waals surface area (Å²) >= 11 is 0. The highest BCUT2D eigenvalue weighted by Crippen LogP contribution is 2.56. The lowest BCUT2D eigenvalue weighted by molar-refractivity contribution is -0.146. The minimum atomic E-state index is -1.57. The van der Waals surface area contributed by atoms with E-state index in [2.05, 4.69) is 25.2 Å². The van der Waals surface area contributed by atoms with Crippen LogP contribution in [-0.4, -0.2) is 62.8 Å². The number of anilines is 1. The van der Waals surface area contributed by atoms with Crippen molar-refractivity contribution < 1.29 is 19.8 Å². The van der Waals surface area contributed by atoms with Crippen LogP contribution in [0.1, 0.15) is 19.3 Å². The monoisotopic (exact) mass is 359 g/mol. The van der Waals surface area contributed by atoms with Crippen molar-refractivity contribution in [2.24, 2.45) is 11.3 Å². The van der Waals surface area contributed by atoms with Crippen LogP contribution in [0.3, 0.4) is 0 Å². The first-order valence-corrected chi connectivity index (χ1v) is 8.72. The molecule has 1 saturated carbocycles. The topological polar surface area (TPSA) is 131 Å². The number of hydrogen-bond donors (Lipinski definition) is 4. The van der Waals surface area contributed by atoms with Crippen LogP contribution in [0.5, 0.6) is 0 Å². The summed E-state index contributed by atoms with van der Waals surface area (Å²) in [7, 11) is 0. The van der Waals surface area contributed by atoms with Gasteiger partial charge in [-0.3, -0.25) is 4.79 Å². The van der Waals surface area contributed by atoms with E-state index in [1.165, 1.54) is 0 Å². The summed E-state index contributed by atoms with van der Waals surface area (Å²) in [4.78, 5) is 37.2. The molecule has 3 heterocycles. The van der Waals surface area contributed by atoms with Crippen LogP contribution >= 0.6 is 0 Å². The molecule has 2 atom stereocenters. The van der Waals surface area contributed by atoms with Gasteiger partial charge in [-0.05, 0) is 30.7 Å². The van der Waals surface area contributed by atoms with Crippen LogP contribution in [0.4, 0.5) is 5.82 Å². The van der Waals surface area contributed by atoms with Gasteiger partial charge in [0.2, 0.25) is 5.91 Å². The van der Waals surface area contributed by atoms with Gasteiger partial charge >= 0.3 is 5.97 Å². The Labute approximate surface area is 149 Å². The van der Waals surface area contributed by atoms with E-state index in [1.54, 1.807) is 6.33 Å². The number of nitrogens with one attached hydrogen (secondary N) is 2. The Bertz CT molecular complexity index is 847. The minimum Gasteiger partial charge on any atom is -0.479 e. The molecule has 2 fully saturated rings. The maximum Gasteiger partial charge on any atom is 0.334 e. The van der Waals surface area contributed by atoms with Gasteiger partial charge in [-0.1, -0.05) is 0 Å². The predicted octanol–water partition coefficient (Wildman–Crippen LogP) is 0.126. The molecule has 0 unspecified atom stereocenters. The van der Waals surface area contributed by atoms with Crippen molar-refractivity contribution in [3.63, 3.8) is 0 Å². The summed E-state index contributed by atoms with van der Waals surface area (Å²) in [6, 6.07) is 1.95. The number of carbonyl (C=O) groups excluding carboxylic acids is 1. The SMILES string of the molecule is O=C(O)[C@@H](O)CNC(=O)[C@@H]1CCN(c2ncnc3[nH]ccc23)CC12CC2. The summed E-state index contributed by atoms with van der Waals surface area (Å²) in [5.74, 6) is -0.788. The van der Waals surface area contributed by atoms with E-state index >= 15 is 0 Å². The number of aromatic nitrogens is 3. The van der Waals surface area contributed by atoms with E-state index in [1.807, 2.05) is 12.3 Å². The Hall–Kier alpha value is -2.68. The first kappa shape index (κ1) is 16.8. The second kappa shape index (κ2) is 6.24. The van der Waals surface area contributed by atoms with Gasteiger partial charge in [0.1, 0.15) is 17.8 Å². The lowest BCUT2D eigenvalue weighted by Gasteiger charge is -2.39. The van der Waals surface area contributed by atoms with Crippen molar-refractivity contribution in [3.8, 4) is 0 Å². The number of rotatable bonds is 5. The molecule has 4 N–H and O–H groups in total. The smallest absolute Gasteiger partial charge is 0.334 e. The Balaban J connectivity index is 1.46. The minimum absolute atomic E-state index is 0.0932. The molecule has 2 aromatic heterocycles. The Morgan fingerprint density at radius 1 is 1.42 bits per heavy atom. The fourth-order valence-electron chi connectivity index (χ4n) is 3.94. The van der Waals surface area contributed by atoms with Crippen LogP contribution in [0, 0.1) is 11.3 Å². The third-order valence-corrected chi connectivity index (χ3v) is 5.53. The second-order valence-electron chi connectivity index (χ2n) is 7.16. The molecule has 4 rings (SSSR count). The number of aliphatic carboxylic acids is 1. The molecule has 2 aliphatic rings. The number of aliphatic hydroxyl groups is 1. The predicted molar refractivity (Wildman–Crippen MR) is 92.5 cm³/mol. The standard InChI is InChI=1S/C17H21N5O4/c23-12(16(25)26)7-19-15(24)11-2-6-22(8-17(11)3-4-17)14-10-1-5-18-13(10)20-9-21-14/h1,5,9,11-12,23H,2-4,6-8H2,(H,19,24)(H,25,26)(H,18,20,21)/t11-,12-/m0/s1. The fourth-order valence-corrected chi connectivity index (χ4v) is 3.94. The van der Waals surface area contributed by atoms with Crippen molar-refractivity contribution >= 4 is 28.7 Å². The quantitative estimate of drug-likeness (QED) is 0.596. The van der Waals surface area contributed by atoms with E-state index in [-0.39, 0.29) is 23.8 Å². The number of hydrogen-bond acceptors (Lipinski definition) is 6. The van der Waals surface area contributed by atoms with Gasteiger partial charge in [0, 0.05) is 25.2 Å². The number of nitrogens with zero attached hydrogens (tertiary/aromatic N) is 3. The molecule has 9 heteroatoms. The Morgan fingerprint density at radius 3 is 2.96 bits per heavy atom. The third-order valence-electron chi connectivity index (χ3n) is 5.53. The zero-order chi connectivity index (χ0) is 18.3. The maximum absolute atomic E-state index is 12.5. The number of aromatic amines is 1. The van der Waals surface area contributed by atoms with Crippen LogP contribution < -0.4 is 10.2 Å². The highest BCUT2D eigenvalue weighted by molar-refractivity contribution is 5.88. The average molecular weight is 359 g/mol. The molecule has 26 heavy (non-hydrogen) atoms. The van der Waals surface area contributed by atoms with Gasteiger partial charge in [0.25, 0.3) is 0 Å². The molecule has 1 aliphatic carbocycles. The van der Waals surface area contributed by atoms with E-state index in [9.17, 15) is 14.7 Å². The van der Waals surface area contributed by atoms with Crippen LogP contribution in [0.2, 0.25) is 0 Å². The van der Waals surface area contributed by atoms with Crippen molar-refractivity contribution in [3.05, 3.63) is 18.6 Å². The van der Waals surface area contributed by atoms with Gasteiger partial charge in [-0.25, -0.2) is 14.8 Å².